The molecule has 0 saturated carbocycles. The van der Waals surface area contributed by atoms with Crippen LogP contribution in [-0.4, -0.2) is 34.2 Å². The van der Waals surface area contributed by atoms with Crippen LogP contribution in [0.15, 0.2) is 17.7 Å². The number of aromatic nitrogens is 1. The van der Waals surface area contributed by atoms with Crippen molar-refractivity contribution in [2.45, 2.75) is 52.0 Å². The number of rotatable bonds is 4. The number of nitrogens with zero attached hydrogens (tertiary/aromatic N) is 1. The summed E-state index contributed by atoms with van der Waals surface area (Å²) >= 11 is 7.00. The highest BCUT2D eigenvalue weighted by Crippen LogP contribution is 2.40. The molecule has 1 aliphatic heterocycles. The first-order valence-electron chi connectivity index (χ1n) is 8.15. The minimum Gasteiger partial charge on any atom is -0.400 e. The predicted octanol–water partition coefficient (Wildman–Crippen LogP) is 5.05. The van der Waals surface area contributed by atoms with Gasteiger partial charge in [0, 0.05) is 24.4 Å². The first-order valence-corrected chi connectivity index (χ1v) is 9.51. The summed E-state index contributed by atoms with van der Waals surface area (Å²) in [7, 11) is -0.813. The fourth-order valence-electron chi connectivity index (χ4n) is 2.28. The lowest BCUT2D eigenvalue weighted by Crippen LogP contribution is -2.41. The van der Waals surface area contributed by atoms with Crippen molar-refractivity contribution in [1.82, 2.24) is 4.98 Å². The summed E-state index contributed by atoms with van der Waals surface area (Å²) in [6, 6.07) is 0.916. The van der Waals surface area contributed by atoms with Gasteiger partial charge in [0.1, 0.15) is 5.15 Å². The highest BCUT2D eigenvalue weighted by Gasteiger charge is 2.52. The highest BCUT2D eigenvalue weighted by molar-refractivity contribution is 8.13. The first kappa shape index (κ1) is 22.3. The van der Waals surface area contributed by atoms with Crippen molar-refractivity contribution in [3.63, 3.8) is 0 Å². The predicted molar refractivity (Wildman–Crippen MR) is 101 cm³/mol. The largest absolute Gasteiger partial charge is 0.491 e. The molecule has 0 spiro atoms. The van der Waals surface area contributed by atoms with E-state index in [0.717, 1.165) is 17.8 Å². The summed E-state index contributed by atoms with van der Waals surface area (Å²) < 4.78 is 50.9. The lowest BCUT2D eigenvalue weighted by Gasteiger charge is -2.32. The number of hydrogen-bond donors (Lipinski definition) is 0. The van der Waals surface area contributed by atoms with Crippen LogP contribution < -0.4 is 0 Å². The van der Waals surface area contributed by atoms with E-state index in [0.29, 0.717) is 11.7 Å². The Labute approximate surface area is 166 Å². The fraction of sp³-hybridized carbons (Fsp3) is 0.529. The second kappa shape index (κ2) is 7.77. The van der Waals surface area contributed by atoms with Gasteiger partial charge in [-0.15, -0.1) is 0 Å². The number of alkyl halides is 3. The summed E-state index contributed by atoms with van der Waals surface area (Å²) in [5.41, 5.74) is -1.59. The molecule has 27 heavy (non-hydrogen) atoms. The minimum atomic E-state index is -4.54. The van der Waals surface area contributed by atoms with Crippen molar-refractivity contribution in [2.24, 2.45) is 0 Å². The summed E-state index contributed by atoms with van der Waals surface area (Å²) in [4.78, 5) is 15.0. The van der Waals surface area contributed by atoms with Crippen molar-refractivity contribution < 1.29 is 27.3 Å². The second-order valence-electron chi connectivity index (χ2n) is 7.19. The van der Waals surface area contributed by atoms with E-state index in [-0.39, 0.29) is 21.6 Å². The summed E-state index contributed by atoms with van der Waals surface area (Å²) in [6.07, 6.45) is -2.42. The zero-order chi connectivity index (χ0) is 20.6. The van der Waals surface area contributed by atoms with E-state index in [1.165, 1.54) is 13.0 Å². The van der Waals surface area contributed by atoms with Gasteiger partial charge in [-0.2, -0.15) is 13.2 Å². The van der Waals surface area contributed by atoms with E-state index < -0.39 is 30.1 Å². The molecule has 4 nitrogen and oxygen atoms in total. The van der Waals surface area contributed by atoms with Gasteiger partial charge in [-0.05, 0) is 39.2 Å². The van der Waals surface area contributed by atoms with E-state index in [1.54, 1.807) is 0 Å². The number of hydrogen-bond acceptors (Lipinski definition) is 5. The van der Waals surface area contributed by atoms with E-state index in [9.17, 15) is 18.0 Å². The Bertz CT molecular complexity index is 752. The molecule has 10 heteroatoms. The molecule has 1 aliphatic rings. The van der Waals surface area contributed by atoms with Gasteiger partial charge in [0.2, 0.25) is 0 Å². The van der Waals surface area contributed by atoms with Crippen LogP contribution in [0, 0.1) is 0 Å². The maximum absolute atomic E-state index is 13.0. The smallest absolute Gasteiger partial charge is 0.400 e. The Morgan fingerprint density at radius 3 is 2.33 bits per heavy atom. The Morgan fingerprint density at radius 1 is 1.30 bits per heavy atom. The fourth-order valence-corrected chi connectivity index (χ4v) is 3.03. The molecule has 0 N–H and O–H groups in total. The van der Waals surface area contributed by atoms with E-state index in [2.05, 4.69) is 4.98 Å². The molecule has 1 saturated heterocycles. The van der Waals surface area contributed by atoms with Crippen molar-refractivity contribution in [3.05, 3.63) is 34.0 Å². The quantitative estimate of drug-likeness (QED) is 0.503. The first-order chi connectivity index (χ1) is 12.2. The molecule has 1 fully saturated rings. The summed E-state index contributed by atoms with van der Waals surface area (Å²) in [6.45, 7) is 8.86. The third-order valence-electron chi connectivity index (χ3n) is 4.53. The summed E-state index contributed by atoms with van der Waals surface area (Å²) in [5.74, 6) is 0.193. The molecule has 2 rings (SSSR count). The number of thioether (sulfide) groups is 1. The lowest BCUT2D eigenvalue weighted by atomic mass is 9.78. The molecule has 148 valence electrons. The zero-order valence-electron chi connectivity index (χ0n) is 15.6. The third kappa shape index (κ3) is 5.28. The molecule has 2 heterocycles. The van der Waals surface area contributed by atoms with Crippen LogP contribution in [0.2, 0.25) is 5.15 Å². The van der Waals surface area contributed by atoms with Crippen LogP contribution in [0.5, 0.6) is 0 Å². The molecule has 0 amide bonds. The Morgan fingerprint density at radius 2 is 1.85 bits per heavy atom. The number of pyridine rings is 1. The SMILES string of the molecule is CC(=O)SCC(=Cc1cc(C(F)(F)F)cnc1Cl)B1OC(C)(C)C(C)(C)O1. The van der Waals surface area contributed by atoms with Crippen molar-refractivity contribution in [1.29, 1.82) is 0 Å². The van der Waals surface area contributed by atoms with Crippen molar-refractivity contribution >= 4 is 41.7 Å². The van der Waals surface area contributed by atoms with Crippen molar-refractivity contribution in [3.8, 4) is 0 Å². The Balaban J connectivity index is 2.45. The van der Waals surface area contributed by atoms with Gasteiger partial charge < -0.3 is 9.31 Å². The summed E-state index contributed by atoms with van der Waals surface area (Å²) in [5, 5.41) is -0.212. The molecule has 0 radical (unpaired) electrons. The Hall–Kier alpha value is -1.03. The standard InChI is InChI=1S/C17H20BClF3NO3S/c1-10(24)27-9-13(18-25-15(2,3)16(4,5)26-18)7-11-6-12(17(20,21)22)8-23-14(11)19/h6-8H,9H2,1-5H3. The van der Waals surface area contributed by atoms with Crippen molar-refractivity contribution in [2.75, 3.05) is 5.75 Å². The number of carbonyl (C=O) groups excluding carboxylic acids is 1. The molecule has 0 unspecified atom stereocenters. The molecular weight excluding hydrogens is 402 g/mol. The van der Waals surface area contributed by atoms with Crippen LogP contribution >= 0.6 is 23.4 Å². The van der Waals surface area contributed by atoms with Crippen LogP contribution in [0.3, 0.4) is 0 Å². The van der Waals surface area contributed by atoms with Gasteiger partial charge in [-0.1, -0.05) is 29.4 Å². The minimum absolute atomic E-state index is 0.0788. The van der Waals surface area contributed by atoms with E-state index in [1.807, 2.05) is 27.7 Å². The lowest BCUT2D eigenvalue weighted by molar-refractivity contribution is -0.137. The van der Waals surface area contributed by atoms with Gasteiger partial charge in [-0.25, -0.2) is 4.98 Å². The van der Waals surface area contributed by atoms with Crippen LogP contribution in [0.25, 0.3) is 6.08 Å². The molecular formula is C17H20BClF3NO3S. The zero-order valence-corrected chi connectivity index (χ0v) is 17.2. The molecule has 0 atom stereocenters. The monoisotopic (exact) mass is 421 g/mol. The second-order valence-corrected chi connectivity index (χ2v) is 8.70. The average Bonchev–Trinajstić information content (AvgIpc) is 2.72. The van der Waals surface area contributed by atoms with Gasteiger partial charge in [-0.3, -0.25) is 4.79 Å². The van der Waals surface area contributed by atoms with Gasteiger partial charge in [0.25, 0.3) is 0 Å². The molecule has 0 bridgehead atoms. The van der Waals surface area contributed by atoms with Crippen LogP contribution in [-0.2, 0) is 20.3 Å². The highest BCUT2D eigenvalue weighted by atomic mass is 35.5. The number of halogens is 4. The van der Waals surface area contributed by atoms with Crippen LogP contribution in [0.4, 0.5) is 13.2 Å². The maximum Gasteiger partial charge on any atom is 0.491 e. The Kier molecular flexibility index (Phi) is 6.41. The third-order valence-corrected chi connectivity index (χ3v) is 5.73. The topological polar surface area (TPSA) is 48.4 Å². The molecule has 0 aliphatic carbocycles. The normalized spacial score (nSPS) is 19.4. The molecule has 1 aromatic rings. The molecule has 1 aromatic heterocycles. The van der Waals surface area contributed by atoms with Gasteiger partial charge in [0.15, 0.2) is 5.12 Å². The average molecular weight is 422 g/mol. The van der Waals surface area contributed by atoms with E-state index in [4.69, 9.17) is 20.9 Å². The van der Waals surface area contributed by atoms with E-state index >= 15 is 0 Å². The molecule has 0 aromatic carbocycles. The number of carbonyl (C=O) groups is 1. The van der Waals surface area contributed by atoms with Crippen LogP contribution in [0.1, 0.15) is 45.7 Å². The van der Waals surface area contributed by atoms with Gasteiger partial charge in [0.05, 0.1) is 16.8 Å². The maximum atomic E-state index is 13.0. The van der Waals surface area contributed by atoms with Gasteiger partial charge >= 0.3 is 13.3 Å².